The van der Waals surface area contributed by atoms with Crippen molar-refractivity contribution in [2.75, 3.05) is 0 Å². The smallest absolute Gasteiger partial charge is 0.314 e. The molecule has 0 unspecified atom stereocenters. The van der Waals surface area contributed by atoms with E-state index in [1.807, 2.05) is 55.4 Å². The average Bonchev–Trinajstić information content (AvgIpc) is 2.36. The van der Waals surface area contributed by atoms with Crippen molar-refractivity contribution in [3.05, 3.63) is 0 Å². The average molecular weight is 357 g/mol. The van der Waals surface area contributed by atoms with E-state index in [2.05, 4.69) is 0 Å². The predicted molar refractivity (Wildman–Crippen MR) is 94.8 cm³/mol. The third kappa shape index (κ3) is 8.15. The number of hydrogen-bond acceptors (Lipinski definition) is 4. The summed E-state index contributed by atoms with van der Waals surface area (Å²) >= 11 is 0. The standard InChI is InChI=1S/C17H32O4Si2/c1-10(2)14(11(3)4)16(18)20-22-9-23-21-17(19)15(12(5)6)13(7)8/h10-15H,9H2,1-8H3. The largest absolute Gasteiger partial charge is 0.516 e. The van der Waals surface area contributed by atoms with Crippen LogP contribution >= 0.6 is 0 Å². The molecule has 0 aromatic carbocycles. The fourth-order valence-electron chi connectivity index (χ4n) is 3.01. The lowest BCUT2D eigenvalue weighted by atomic mass is 9.86. The van der Waals surface area contributed by atoms with Crippen LogP contribution in [-0.4, -0.2) is 31.5 Å². The number of hydrogen-bond donors (Lipinski definition) is 0. The van der Waals surface area contributed by atoms with Crippen LogP contribution < -0.4 is 0 Å². The van der Waals surface area contributed by atoms with E-state index in [4.69, 9.17) is 8.85 Å². The van der Waals surface area contributed by atoms with E-state index in [1.54, 1.807) is 0 Å². The van der Waals surface area contributed by atoms with Gasteiger partial charge in [-0.05, 0) is 23.7 Å². The Hall–Kier alpha value is -0.626. The highest BCUT2D eigenvalue weighted by atomic mass is 28.3. The van der Waals surface area contributed by atoms with E-state index in [0.717, 1.165) is 0 Å². The van der Waals surface area contributed by atoms with Crippen LogP contribution in [0.3, 0.4) is 0 Å². The fraction of sp³-hybridized carbons (Fsp3) is 0.882. The van der Waals surface area contributed by atoms with Crippen molar-refractivity contribution >= 4 is 31.5 Å². The second kappa shape index (κ2) is 11.0. The summed E-state index contributed by atoms with van der Waals surface area (Å²) in [7, 11) is 0.117. The zero-order chi connectivity index (χ0) is 18.2. The second-order valence-corrected chi connectivity index (χ2v) is 9.74. The molecule has 0 rings (SSSR count). The predicted octanol–water partition coefficient (Wildman–Crippen LogP) is 3.54. The molecule has 4 radical (unpaired) electrons. The van der Waals surface area contributed by atoms with E-state index in [9.17, 15) is 9.59 Å². The van der Waals surface area contributed by atoms with Crippen molar-refractivity contribution < 1.29 is 18.4 Å². The van der Waals surface area contributed by atoms with E-state index < -0.39 is 0 Å². The van der Waals surface area contributed by atoms with Crippen LogP contribution in [0.2, 0.25) is 5.67 Å². The first-order valence-corrected chi connectivity index (χ1v) is 10.7. The first-order valence-electron chi connectivity index (χ1n) is 8.46. The Morgan fingerprint density at radius 2 is 0.913 bits per heavy atom. The van der Waals surface area contributed by atoms with Crippen molar-refractivity contribution in [2.24, 2.45) is 35.5 Å². The molecule has 0 saturated carbocycles. The Balaban J connectivity index is 4.14. The summed E-state index contributed by atoms with van der Waals surface area (Å²) in [6.45, 7) is 16.3. The zero-order valence-corrected chi connectivity index (χ0v) is 17.8. The molecular formula is C17H32O4Si2. The minimum absolute atomic E-state index is 0.0585. The van der Waals surface area contributed by atoms with Crippen molar-refractivity contribution in [1.29, 1.82) is 0 Å². The lowest BCUT2D eigenvalue weighted by molar-refractivity contribution is -0.142. The van der Waals surface area contributed by atoms with Gasteiger partial charge in [-0.25, -0.2) is 0 Å². The third-order valence-electron chi connectivity index (χ3n) is 3.91. The summed E-state index contributed by atoms with van der Waals surface area (Å²) < 4.78 is 10.7. The molecule has 0 aliphatic rings. The van der Waals surface area contributed by atoms with Gasteiger partial charge < -0.3 is 8.85 Å². The van der Waals surface area contributed by atoms with Gasteiger partial charge in [0.1, 0.15) is 0 Å². The minimum Gasteiger partial charge on any atom is -0.516 e. The number of carbonyl (C=O) groups is 2. The van der Waals surface area contributed by atoms with Crippen LogP contribution in [0.1, 0.15) is 55.4 Å². The Morgan fingerprint density at radius 1 is 0.652 bits per heavy atom. The van der Waals surface area contributed by atoms with Gasteiger partial charge in [0.25, 0.3) is 11.9 Å². The van der Waals surface area contributed by atoms with Crippen molar-refractivity contribution in [3.8, 4) is 0 Å². The van der Waals surface area contributed by atoms with Crippen molar-refractivity contribution in [3.63, 3.8) is 0 Å². The van der Waals surface area contributed by atoms with Crippen LogP contribution in [0.15, 0.2) is 0 Å². The van der Waals surface area contributed by atoms with Gasteiger partial charge in [0.15, 0.2) is 0 Å². The van der Waals surface area contributed by atoms with Crippen LogP contribution in [0, 0.1) is 35.5 Å². The quantitative estimate of drug-likeness (QED) is 0.444. The molecule has 0 saturated heterocycles. The van der Waals surface area contributed by atoms with E-state index in [-0.39, 0.29) is 67.0 Å². The highest BCUT2D eigenvalue weighted by Crippen LogP contribution is 2.22. The highest BCUT2D eigenvalue weighted by molar-refractivity contribution is 6.50. The van der Waals surface area contributed by atoms with Crippen LogP contribution in [-0.2, 0) is 18.4 Å². The molecule has 0 aromatic rings. The zero-order valence-electron chi connectivity index (χ0n) is 15.8. The Morgan fingerprint density at radius 3 is 1.13 bits per heavy atom. The molecule has 0 atom stereocenters. The topological polar surface area (TPSA) is 52.6 Å². The molecule has 0 spiro atoms. The maximum absolute atomic E-state index is 12.1. The maximum Gasteiger partial charge on any atom is 0.314 e. The normalized spacial score (nSPS) is 12.1. The summed E-state index contributed by atoms with van der Waals surface area (Å²) in [4.78, 5) is 24.2. The van der Waals surface area contributed by atoms with Crippen molar-refractivity contribution in [2.45, 2.75) is 61.1 Å². The molecule has 4 nitrogen and oxygen atoms in total. The van der Waals surface area contributed by atoms with Gasteiger partial charge in [0, 0.05) is 5.67 Å². The Kier molecular flexibility index (Phi) is 10.7. The van der Waals surface area contributed by atoms with Gasteiger partial charge in [-0.1, -0.05) is 55.4 Å². The van der Waals surface area contributed by atoms with E-state index in [0.29, 0.717) is 5.67 Å². The molecule has 23 heavy (non-hydrogen) atoms. The first kappa shape index (κ1) is 22.4. The lowest BCUT2D eigenvalue weighted by Crippen LogP contribution is -2.30. The molecule has 0 heterocycles. The summed E-state index contributed by atoms with van der Waals surface area (Å²) in [6.07, 6.45) is 0. The molecule has 6 heteroatoms. The Bertz CT molecular complexity index is 318. The number of carbonyl (C=O) groups excluding carboxylic acids is 2. The molecular weight excluding hydrogens is 324 g/mol. The molecule has 0 amide bonds. The van der Waals surface area contributed by atoms with Crippen LogP contribution in [0.25, 0.3) is 0 Å². The molecule has 0 fully saturated rings. The molecule has 0 aromatic heterocycles. The number of rotatable bonds is 10. The van der Waals surface area contributed by atoms with E-state index in [1.165, 1.54) is 0 Å². The van der Waals surface area contributed by atoms with Crippen molar-refractivity contribution in [1.82, 2.24) is 0 Å². The minimum atomic E-state index is -0.133. The Labute approximate surface area is 147 Å². The molecule has 0 aliphatic heterocycles. The van der Waals surface area contributed by atoms with E-state index >= 15 is 0 Å². The SMILES string of the molecule is CC(C)C(C(=O)O[Si]C[Si]OC(=O)C(C(C)C)C(C)C)C(C)C. The molecule has 132 valence electrons. The fourth-order valence-corrected chi connectivity index (χ4v) is 4.38. The summed E-state index contributed by atoms with van der Waals surface area (Å²) in [5, 5.41) is 0. The summed E-state index contributed by atoms with van der Waals surface area (Å²) in [5.74, 6) is 0.671. The third-order valence-corrected chi connectivity index (χ3v) is 5.75. The highest BCUT2D eigenvalue weighted by Gasteiger charge is 2.28. The van der Waals surface area contributed by atoms with Crippen LogP contribution in [0.4, 0.5) is 0 Å². The second-order valence-electron chi connectivity index (χ2n) is 7.34. The van der Waals surface area contributed by atoms with Gasteiger partial charge >= 0.3 is 19.5 Å². The monoisotopic (exact) mass is 356 g/mol. The van der Waals surface area contributed by atoms with Gasteiger partial charge in [-0.15, -0.1) is 0 Å². The maximum atomic E-state index is 12.1. The lowest BCUT2D eigenvalue weighted by Gasteiger charge is -2.23. The first-order chi connectivity index (χ1) is 10.6. The van der Waals surface area contributed by atoms with Gasteiger partial charge in [-0.2, -0.15) is 0 Å². The van der Waals surface area contributed by atoms with Crippen LogP contribution in [0.5, 0.6) is 0 Å². The molecule has 0 aliphatic carbocycles. The summed E-state index contributed by atoms with van der Waals surface area (Å²) in [5.41, 5.74) is 0.600. The van der Waals surface area contributed by atoms with Gasteiger partial charge in [0.2, 0.25) is 0 Å². The van der Waals surface area contributed by atoms with Gasteiger partial charge in [-0.3, -0.25) is 9.59 Å². The van der Waals surface area contributed by atoms with Gasteiger partial charge in [0.05, 0.1) is 11.8 Å². The molecule has 0 bridgehead atoms. The summed E-state index contributed by atoms with van der Waals surface area (Å²) in [6, 6.07) is 0. The molecule has 0 N–H and O–H groups in total.